The molecule has 2 rings (SSSR count). The highest BCUT2D eigenvalue weighted by atomic mass is 79.9. The second-order valence-electron chi connectivity index (χ2n) is 4.28. The summed E-state index contributed by atoms with van der Waals surface area (Å²) in [6.07, 6.45) is 2.68. The van der Waals surface area contributed by atoms with Crippen LogP contribution in [0.1, 0.15) is 0 Å². The van der Waals surface area contributed by atoms with Gasteiger partial charge >= 0.3 is 0 Å². The molecule has 9 heteroatoms. The topological polar surface area (TPSA) is 76.0 Å². The molecule has 2 aromatic rings. The predicted molar refractivity (Wildman–Crippen MR) is 81.1 cm³/mol. The molecule has 0 atom stereocenters. The summed E-state index contributed by atoms with van der Waals surface area (Å²) in [5, 5.41) is 6.91. The average Bonchev–Trinajstić information content (AvgIpc) is 2.90. The van der Waals surface area contributed by atoms with E-state index >= 15 is 0 Å². The second kappa shape index (κ2) is 6.54. The minimum absolute atomic E-state index is 0.0296. The third-order valence-electron chi connectivity index (χ3n) is 2.68. The van der Waals surface area contributed by atoms with Crippen molar-refractivity contribution in [3.63, 3.8) is 0 Å². The first kappa shape index (κ1) is 15.9. The minimum Gasteiger partial charge on any atom is -0.318 e. The summed E-state index contributed by atoms with van der Waals surface area (Å²) in [4.78, 5) is 0.0296. The van der Waals surface area contributed by atoms with E-state index in [9.17, 15) is 12.8 Å². The van der Waals surface area contributed by atoms with Gasteiger partial charge in [0.2, 0.25) is 0 Å². The maximum atomic E-state index is 13.4. The summed E-state index contributed by atoms with van der Waals surface area (Å²) < 4.78 is 41.8. The van der Waals surface area contributed by atoms with Crippen LogP contribution in [0.5, 0.6) is 0 Å². The SMILES string of the molecule is CNCCn1cc(S(=O)(=O)Nc2ccc(Br)c(F)c2)cn1. The van der Waals surface area contributed by atoms with Gasteiger partial charge < -0.3 is 5.32 Å². The van der Waals surface area contributed by atoms with Crippen molar-refractivity contribution in [1.29, 1.82) is 0 Å². The average molecular weight is 377 g/mol. The van der Waals surface area contributed by atoms with Crippen LogP contribution < -0.4 is 10.0 Å². The Morgan fingerprint density at radius 1 is 1.43 bits per heavy atom. The summed E-state index contributed by atoms with van der Waals surface area (Å²) in [6, 6.07) is 4.01. The van der Waals surface area contributed by atoms with Crippen molar-refractivity contribution in [3.8, 4) is 0 Å². The molecule has 6 nitrogen and oxygen atoms in total. The summed E-state index contributed by atoms with van der Waals surface area (Å²) in [5.74, 6) is -0.542. The molecule has 1 aromatic carbocycles. The molecular weight excluding hydrogens is 363 g/mol. The molecule has 0 radical (unpaired) electrons. The number of hydrogen-bond acceptors (Lipinski definition) is 4. The number of likely N-dealkylation sites (N-methyl/N-ethyl adjacent to an activating group) is 1. The van der Waals surface area contributed by atoms with Crippen LogP contribution in [0.25, 0.3) is 0 Å². The Morgan fingerprint density at radius 2 is 2.19 bits per heavy atom. The molecule has 114 valence electrons. The Kier molecular flexibility index (Phi) is 4.96. The highest BCUT2D eigenvalue weighted by Crippen LogP contribution is 2.21. The van der Waals surface area contributed by atoms with Gasteiger partial charge in [-0.3, -0.25) is 9.40 Å². The lowest BCUT2D eigenvalue weighted by Crippen LogP contribution is -2.15. The zero-order valence-electron chi connectivity index (χ0n) is 11.2. The number of benzene rings is 1. The Balaban J connectivity index is 2.17. The van der Waals surface area contributed by atoms with E-state index in [1.807, 2.05) is 0 Å². The maximum Gasteiger partial charge on any atom is 0.265 e. The largest absolute Gasteiger partial charge is 0.318 e. The Morgan fingerprint density at radius 3 is 2.86 bits per heavy atom. The first-order valence-electron chi connectivity index (χ1n) is 6.07. The minimum atomic E-state index is -3.78. The maximum absolute atomic E-state index is 13.4. The van der Waals surface area contributed by atoms with Crippen LogP contribution in [0.2, 0.25) is 0 Å². The van der Waals surface area contributed by atoms with Gasteiger partial charge in [-0.2, -0.15) is 5.10 Å². The Labute approximate surface area is 130 Å². The van der Waals surface area contributed by atoms with E-state index in [1.165, 1.54) is 29.2 Å². The van der Waals surface area contributed by atoms with E-state index in [-0.39, 0.29) is 15.1 Å². The molecule has 0 amide bonds. The van der Waals surface area contributed by atoms with Crippen molar-refractivity contribution in [1.82, 2.24) is 15.1 Å². The van der Waals surface area contributed by atoms with Gasteiger partial charge in [-0.05, 0) is 41.2 Å². The van der Waals surface area contributed by atoms with Crippen molar-refractivity contribution in [2.24, 2.45) is 0 Å². The van der Waals surface area contributed by atoms with Gasteiger partial charge in [-0.1, -0.05) is 0 Å². The standard InChI is InChI=1S/C12H14BrFN4O2S/c1-15-4-5-18-8-10(7-16-18)21(19,20)17-9-2-3-11(13)12(14)6-9/h2-3,6-8,15,17H,4-5H2,1H3. The lowest BCUT2D eigenvalue weighted by molar-refractivity contribution is 0.582. The van der Waals surface area contributed by atoms with Gasteiger partial charge in [0, 0.05) is 12.7 Å². The molecule has 1 heterocycles. The van der Waals surface area contributed by atoms with Crippen LogP contribution in [0.3, 0.4) is 0 Å². The van der Waals surface area contributed by atoms with Crippen molar-refractivity contribution < 1.29 is 12.8 Å². The number of nitrogens with one attached hydrogen (secondary N) is 2. The van der Waals surface area contributed by atoms with Gasteiger partial charge in [0.05, 0.1) is 22.9 Å². The number of sulfonamides is 1. The normalized spacial score (nSPS) is 11.6. The fourth-order valence-electron chi connectivity index (χ4n) is 1.61. The first-order valence-corrected chi connectivity index (χ1v) is 8.35. The van der Waals surface area contributed by atoms with Crippen molar-refractivity contribution in [2.45, 2.75) is 11.4 Å². The van der Waals surface area contributed by atoms with Gasteiger partial charge in [0.25, 0.3) is 10.0 Å². The Hall–Kier alpha value is -1.45. The molecule has 1 aromatic heterocycles. The fourth-order valence-corrected chi connectivity index (χ4v) is 2.85. The lowest BCUT2D eigenvalue weighted by atomic mass is 10.3. The van der Waals surface area contributed by atoms with Crippen LogP contribution >= 0.6 is 15.9 Å². The molecule has 0 spiro atoms. The smallest absolute Gasteiger partial charge is 0.265 e. The van der Waals surface area contributed by atoms with E-state index in [2.05, 4.69) is 31.1 Å². The van der Waals surface area contributed by atoms with Crippen LogP contribution in [-0.4, -0.2) is 31.8 Å². The quantitative estimate of drug-likeness (QED) is 0.805. The van der Waals surface area contributed by atoms with Gasteiger partial charge in [-0.25, -0.2) is 12.8 Å². The molecule has 0 unspecified atom stereocenters. The number of anilines is 1. The number of aromatic nitrogens is 2. The summed E-state index contributed by atoms with van der Waals surface area (Å²) in [5.41, 5.74) is 0.152. The molecule has 0 saturated heterocycles. The molecule has 21 heavy (non-hydrogen) atoms. The van der Waals surface area contributed by atoms with Crippen LogP contribution in [-0.2, 0) is 16.6 Å². The van der Waals surface area contributed by atoms with Crippen LogP contribution in [0.15, 0.2) is 40.0 Å². The van der Waals surface area contributed by atoms with Crippen LogP contribution in [0.4, 0.5) is 10.1 Å². The van der Waals surface area contributed by atoms with Crippen molar-refractivity contribution in [3.05, 3.63) is 40.9 Å². The zero-order valence-corrected chi connectivity index (χ0v) is 13.6. The van der Waals surface area contributed by atoms with Gasteiger partial charge in [0.15, 0.2) is 0 Å². The first-order chi connectivity index (χ1) is 9.92. The third-order valence-corrected chi connectivity index (χ3v) is 4.66. The predicted octanol–water partition coefficient (Wildman–Crippen LogP) is 1.80. The molecular formula is C12H14BrFN4O2S. The zero-order chi connectivity index (χ0) is 15.5. The summed E-state index contributed by atoms with van der Waals surface area (Å²) in [6.45, 7) is 1.23. The van der Waals surface area contributed by atoms with E-state index in [4.69, 9.17) is 0 Å². The number of nitrogens with zero attached hydrogens (tertiary/aromatic N) is 2. The number of halogens is 2. The summed E-state index contributed by atoms with van der Waals surface area (Å²) in [7, 11) is -1.99. The highest BCUT2D eigenvalue weighted by molar-refractivity contribution is 9.10. The third kappa shape index (κ3) is 4.02. The van der Waals surface area contributed by atoms with E-state index in [1.54, 1.807) is 7.05 Å². The lowest BCUT2D eigenvalue weighted by Gasteiger charge is -2.06. The summed E-state index contributed by atoms with van der Waals surface area (Å²) >= 11 is 3.01. The molecule has 0 fully saturated rings. The highest BCUT2D eigenvalue weighted by Gasteiger charge is 2.17. The van der Waals surface area contributed by atoms with Crippen molar-refractivity contribution in [2.75, 3.05) is 18.3 Å². The van der Waals surface area contributed by atoms with E-state index in [0.29, 0.717) is 13.1 Å². The molecule has 0 bridgehead atoms. The van der Waals surface area contributed by atoms with E-state index in [0.717, 1.165) is 6.07 Å². The Bertz CT molecular complexity index is 733. The number of hydrogen-bond donors (Lipinski definition) is 2. The van der Waals surface area contributed by atoms with Gasteiger partial charge in [0.1, 0.15) is 10.7 Å². The molecule has 0 saturated carbocycles. The van der Waals surface area contributed by atoms with E-state index < -0.39 is 15.8 Å². The van der Waals surface area contributed by atoms with Crippen LogP contribution in [0, 0.1) is 5.82 Å². The molecule has 0 aliphatic carbocycles. The monoisotopic (exact) mass is 376 g/mol. The van der Waals surface area contributed by atoms with Gasteiger partial charge in [-0.15, -0.1) is 0 Å². The number of rotatable bonds is 6. The molecule has 0 aliphatic heterocycles. The van der Waals surface area contributed by atoms with Crippen molar-refractivity contribution >= 4 is 31.6 Å². The molecule has 2 N–H and O–H groups in total. The molecule has 0 aliphatic rings. The second-order valence-corrected chi connectivity index (χ2v) is 6.81. The fraction of sp³-hybridized carbons (Fsp3) is 0.250.